The second-order valence-electron chi connectivity index (χ2n) is 3.65. The van der Waals surface area contributed by atoms with Crippen LogP contribution >= 0.6 is 0 Å². The normalized spacial score (nSPS) is 9.94. The number of carbonyl (C=O) groups is 2. The predicted molar refractivity (Wildman–Crippen MR) is 64.0 cm³/mol. The van der Waals surface area contributed by atoms with Gasteiger partial charge in [-0.15, -0.1) is 0 Å². The Balaban J connectivity index is 3.19. The molecule has 6 heteroatoms. The molecule has 0 radical (unpaired) electrons. The Bertz CT molecular complexity index is 222. The van der Waals surface area contributed by atoms with Crippen molar-refractivity contribution in [2.75, 3.05) is 26.3 Å². The van der Waals surface area contributed by atoms with Crippen LogP contribution in [-0.4, -0.2) is 43.4 Å². The van der Waals surface area contributed by atoms with E-state index in [1.165, 1.54) is 0 Å². The molecule has 2 amide bonds. The fourth-order valence-electron chi connectivity index (χ4n) is 1.07. The van der Waals surface area contributed by atoms with Gasteiger partial charge in [0.05, 0.1) is 6.42 Å². The lowest BCUT2D eigenvalue weighted by molar-refractivity contribution is -0.136. The summed E-state index contributed by atoms with van der Waals surface area (Å²) < 4.78 is 5.32. The first-order valence-electron chi connectivity index (χ1n) is 5.98. The Morgan fingerprint density at radius 2 is 1.76 bits per heavy atom. The molecule has 0 fully saturated rings. The van der Waals surface area contributed by atoms with Crippen LogP contribution in [0.3, 0.4) is 0 Å². The average molecular weight is 246 g/mol. The van der Waals surface area contributed by atoms with Gasteiger partial charge in [-0.2, -0.15) is 0 Å². The summed E-state index contributed by atoms with van der Waals surface area (Å²) in [5.74, 6) is -0.922. The quantitative estimate of drug-likeness (QED) is 0.501. The van der Waals surface area contributed by atoms with Crippen molar-refractivity contribution in [1.82, 2.24) is 10.6 Å². The first kappa shape index (κ1) is 15.7. The summed E-state index contributed by atoms with van der Waals surface area (Å²) in [6, 6.07) is -0.334. The Kier molecular flexibility index (Phi) is 10.3. The minimum Gasteiger partial charge on any atom is -0.481 e. The van der Waals surface area contributed by atoms with Crippen LogP contribution in [0.1, 0.15) is 32.6 Å². The maximum Gasteiger partial charge on any atom is 0.314 e. The van der Waals surface area contributed by atoms with Gasteiger partial charge in [0, 0.05) is 26.3 Å². The van der Waals surface area contributed by atoms with E-state index in [1.54, 1.807) is 0 Å². The fourth-order valence-corrected chi connectivity index (χ4v) is 1.07. The highest BCUT2D eigenvalue weighted by atomic mass is 16.5. The molecule has 0 aromatic carbocycles. The summed E-state index contributed by atoms with van der Waals surface area (Å²) in [6.45, 7) is 4.18. The molecule has 6 nitrogen and oxygen atoms in total. The zero-order chi connectivity index (χ0) is 12.9. The van der Waals surface area contributed by atoms with Crippen LogP contribution in [0.25, 0.3) is 0 Å². The zero-order valence-electron chi connectivity index (χ0n) is 10.3. The SMILES string of the molecule is CCCCOCCCNC(=O)NCCC(=O)O. The molecule has 0 aromatic rings. The molecule has 0 saturated heterocycles. The molecule has 100 valence electrons. The highest BCUT2D eigenvalue weighted by Crippen LogP contribution is 1.89. The predicted octanol–water partition coefficient (Wildman–Crippen LogP) is 0.967. The van der Waals surface area contributed by atoms with E-state index in [1.807, 2.05) is 0 Å². The van der Waals surface area contributed by atoms with Crippen molar-refractivity contribution in [3.05, 3.63) is 0 Å². The zero-order valence-corrected chi connectivity index (χ0v) is 10.3. The van der Waals surface area contributed by atoms with E-state index in [0.29, 0.717) is 13.2 Å². The molecule has 0 rings (SSSR count). The second kappa shape index (κ2) is 11.2. The lowest BCUT2D eigenvalue weighted by atomic mass is 10.4. The van der Waals surface area contributed by atoms with E-state index < -0.39 is 5.97 Å². The van der Waals surface area contributed by atoms with Gasteiger partial charge in [-0.1, -0.05) is 13.3 Å². The molecule has 0 spiro atoms. The van der Waals surface area contributed by atoms with Gasteiger partial charge in [0.25, 0.3) is 0 Å². The monoisotopic (exact) mass is 246 g/mol. The number of aliphatic carboxylic acids is 1. The molecule has 0 atom stereocenters. The number of nitrogens with one attached hydrogen (secondary N) is 2. The molecular weight excluding hydrogens is 224 g/mol. The summed E-state index contributed by atoms with van der Waals surface area (Å²) >= 11 is 0. The van der Waals surface area contributed by atoms with E-state index in [2.05, 4.69) is 17.6 Å². The maximum atomic E-state index is 11.1. The van der Waals surface area contributed by atoms with E-state index in [-0.39, 0.29) is 19.0 Å². The third kappa shape index (κ3) is 12.6. The number of carbonyl (C=O) groups excluding carboxylic acids is 1. The number of ether oxygens (including phenoxy) is 1. The Labute approximate surface area is 102 Å². The van der Waals surface area contributed by atoms with Gasteiger partial charge in [0.1, 0.15) is 0 Å². The lowest BCUT2D eigenvalue weighted by Gasteiger charge is -2.06. The van der Waals surface area contributed by atoms with Crippen LogP contribution in [0.2, 0.25) is 0 Å². The van der Waals surface area contributed by atoms with Crippen molar-refractivity contribution >= 4 is 12.0 Å². The number of unbranched alkanes of at least 4 members (excludes halogenated alkanes) is 1. The minimum absolute atomic E-state index is 0.0620. The molecule has 0 heterocycles. The van der Waals surface area contributed by atoms with Crippen LogP contribution in [-0.2, 0) is 9.53 Å². The van der Waals surface area contributed by atoms with Crippen LogP contribution in [0.5, 0.6) is 0 Å². The Hall–Kier alpha value is -1.30. The second-order valence-corrected chi connectivity index (χ2v) is 3.65. The first-order valence-corrected chi connectivity index (χ1v) is 5.98. The molecule has 0 aliphatic rings. The largest absolute Gasteiger partial charge is 0.481 e. The number of carboxylic acid groups (broad SMARTS) is 1. The maximum absolute atomic E-state index is 11.1. The smallest absolute Gasteiger partial charge is 0.314 e. The molecule has 0 saturated carbocycles. The van der Waals surface area contributed by atoms with Crippen LogP contribution in [0.4, 0.5) is 4.79 Å². The standard InChI is InChI=1S/C11H22N2O4/c1-2-3-8-17-9-4-6-12-11(16)13-7-5-10(14)15/h2-9H2,1H3,(H,14,15)(H2,12,13,16). The summed E-state index contributed by atoms with van der Waals surface area (Å²) in [7, 11) is 0. The van der Waals surface area contributed by atoms with Gasteiger partial charge in [0.15, 0.2) is 0 Å². The van der Waals surface area contributed by atoms with Crippen molar-refractivity contribution in [2.24, 2.45) is 0 Å². The van der Waals surface area contributed by atoms with Crippen LogP contribution < -0.4 is 10.6 Å². The third-order valence-corrected chi connectivity index (χ3v) is 2.02. The average Bonchev–Trinajstić information content (AvgIpc) is 2.27. The van der Waals surface area contributed by atoms with E-state index in [0.717, 1.165) is 25.9 Å². The van der Waals surface area contributed by atoms with Crippen molar-refractivity contribution in [2.45, 2.75) is 32.6 Å². The molecule has 0 aliphatic carbocycles. The number of carboxylic acids is 1. The highest BCUT2D eigenvalue weighted by molar-refractivity contribution is 5.74. The number of amides is 2. The lowest BCUT2D eigenvalue weighted by Crippen LogP contribution is -2.37. The molecule has 0 bridgehead atoms. The first-order chi connectivity index (χ1) is 8.16. The molecule has 0 aliphatic heterocycles. The summed E-state index contributed by atoms with van der Waals surface area (Å²) in [5, 5.41) is 13.4. The third-order valence-electron chi connectivity index (χ3n) is 2.02. The van der Waals surface area contributed by atoms with E-state index in [9.17, 15) is 9.59 Å². The Morgan fingerprint density at radius 1 is 1.12 bits per heavy atom. The highest BCUT2D eigenvalue weighted by Gasteiger charge is 2.00. The molecule has 0 aromatic heterocycles. The van der Waals surface area contributed by atoms with E-state index >= 15 is 0 Å². The summed E-state index contributed by atoms with van der Waals surface area (Å²) in [5.41, 5.74) is 0. The number of hydrogen-bond donors (Lipinski definition) is 3. The van der Waals surface area contributed by atoms with Gasteiger partial charge >= 0.3 is 12.0 Å². The fraction of sp³-hybridized carbons (Fsp3) is 0.818. The van der Waals surface area contributed by atoms with Gasteiger partial charge in [0.2, 0.25) is 0 Å². The van der Waals surface area contributed by atoms with Crippen molar-refractivity contribution < 1.29 is 19.4 Å². The van der Waals surface area contributed by atoms with Crippen molar-refractivity contribution in [1.29, 1.82) is 0 Å². The van der Waals surface area contributed by atoms with Crippen LogP contribution in [0.15, 0.2) is 0 Å². The number of rotatable bonds is 10. The molecule has 3 N–H and O–H groups in total. The summed E-state index contributed by atoms with van der Waals surface area (Å²) in [4.78, 5) is 21.3. The molecule has 17 heavy (non-hydrogen) atoms. The summed E-state index contributed by atoms with van der Waals surface area (Å²) in [6.07, 6.45) is 2.87. The van der Waals surface area contributed by atoms with Crippen molar-refractivity contribution in [3.8, 4) is 0 Å². The number of urea groups is 1. The molecule has 0 unspecified atom stereocenters. The van der Waals surface area contributed by atoms with Crippen LogP contribution in [0, 0.1) is 0 Å². The van der Waals surface area contributed by atoms with E-state index in [4.69, 9.17) is 9.84 Å². The Morgan fingerprint density at radius 3 is 2.41 bits per heavy atom. The van der Waals surface area contributed by atoms with Gasteiger partial charge in [-0.25, -0.2) is 4.79 Å². The topological polar surface area (TPSA) is 87.7 Å². The van der Waals surface area contributed by atoms with Crippen molar-refractivity contribution in [3.63, 3.8) is 0 Å². The number of hydrogen-bond acceptors (Lipinski definition) is 3. The van der Waals surface area contributed by atoms with Gasteiger partial charge in [-0.3, -0.25) is 4.79 Å². The van der Waals surface area contributed by atoms with Gasteiger partial charge < -0.3 is 20.5 Å². The van der Waals surface area contributed by atoms with Gasteiger partial charge in [-0.05, 0) is 12.8 Å². The minimum atomic E-state index is -0.922. The molecular formula is C11H22N2O4.